The van der Waals surface area contributed by atoms with Crippen LogP contribution in [0.3, 0.4) is 0 Å². The van der Waals surface area contributed by atoms with Gasteiger partial charge in [-0.25, -0.2) is 8.42 Å². The smallest absolute Gasteiger partial charge is 0.243 e. The molecule has 0 spiro atoms. The maximum absolute atomic E-state index is 12.6. The molecule has 2 aliphatic rings. The molecule has 20 heavy (non-hydrogen) atoms. The highest BCUT2D eigenvalue weighted by atomic mass is 32.2. The van der Waals surface area contributed by atoms with Crippen LogP contribution in [0.1, 0.15) is 46.5 Å². The molecular weight excluding hydrogens is 278 g/mol. The Labute approximate surface area is 121 Å². The maximum atomic E-state index is 12.6. The van der Waals surface area contributed by atoms with E-state index < -0.39 is 14.6 Å². The number of hydrogen-bond acceptors (Lipinski definition) is 4. The van der Waals surface area contributed by atoms with Gasteiger partial charge in [0.1, 0.15) is 4.75 Å². The Bertz CT molecular complexity index is 485. The molecule has 1 saturated carbocycles. The number of nitrogens with zero attached hydrogens (tertiary/aromatic N) is 1. The van der Waals surface area contributed by atoms with E-state index >= 15 is 0 Å². The van der Waals surface area contributed by atoms with Crippen LogP contribution < -0.4 is 0 Å². The summed E-state index contributed by atoms with van der Waals surface area (Å²) in [6.45, 7) is 6.25. The fourth-order valence-electron chi connectivity index (χ4n) is 2.68. The van der Waals surface area contributed by atoms with E-state index in [-0.39, 0.29) is 16.8 Å². The number of rotatable bonds is 4. The lowest BCUT2D eigenvalue weighted by molar-refractivity contribution is -0.138. The van der Waals surface area contributed by atoms with Gasteiger partial charge in [-0.3, -0.25) is 4.79 Å². The van der Waals surface area contributed by atoms with Crippen LogP contribution >= 0.6 is 0 Å². The Morgan fingerprint density at radius 2 is 1.75 bits per heavy atom. The topological polar surface area (TPSA) is 63.7 Å². The minimum absolute atomic E-state index is 0.198. The van der Waals surface area contributed by atoms with Gasteiger partial charge in [0, 0.05) is 20.2 Å². The summed E-state index contributed by atoms with van der Waals surface area (Å²) in [5, 5.41) is -0.310. The Kier molecular flexibility index (Phi) is 3.93. The monoisotopic (exact) mass is 303 g/mol. The molecule has 1 heterocycles. The zero-order valence-electron chi connectivity index (χ0n) is 12.8. The molecule has 0 unspecified atom stereocenters. The van der Waals surface area contributed by atoms with Crippen molar-refractivity contribution in [3.63, 3.8) is 0 Å². The van der Waals surface area contributed by atoms with Gasteiger partial charge in [-0.05, 0) is 46.5 Å². The van der Waals surface area contributed by atoms with Crippen molar-refractivity contribution in [2.24, 2.45) is 0 Å². The third-order valence-electron chi connectivity index (χ3n) is 4.79. The first-order chi connectivity index (χ1) is 9.14. The number of hydrogen-bond donors (Lipinski definition) is 0. The van der Waals surface area contributed by atoms with E-state index in [1.807, 2.05) is 6.92 Å². The highest BCUT2D eigenvalue weighted by Gasteiger charge is 2.52. The Balaban J connectivity index is 2.08. The number of carbonyl (C=O) groups is 1. The molecular formula is C14H25NO4S. The zero-order chi connectivity index (χ0) is 15.2. The van der Waals surface area contributed by atoms with Crippen LogP contribution in [0, 0.1) is 0 Å². The number of ether oxygens (including phenoxy) is 1. The molecule has 0 aromatic heterocycles. The second-order valence-corrected chi connectivity index (χ2v) is 9.48. The maximum Gasteiger partial charge on any atom is 0.243 e. The highest BCUT2D eigenvalue weighted by molar-refractivity contribution is 7.94. The van der Waals surface area contributed by atoms with E-state index in [0.29, 0.717) is 25.9 Å². The third kappa shape index (κ3) is 2.60. The lowest BCUT2D eigenvalue weighted by atomic mass is 9.93. The minimum atomic E-state index is -3.37. The number of amides is 1. The average molecular weight is 303 g/mol. The van der Waals surface area contributed by atoms with Crippen molar-refractivity contribution in [1.29, 1.82) is 0 Å². The van der Waals surface area contributed by atoms with Gasteiger partial charge in [0.05, 0.1) is 10.9 Å². The molecule has 5 nitrogen and oxygen atoms in total. The lowest BCUT2D eigenvalue weighted by Gasteiger charge is -2.41. The summed E-state index contributed by atoms with van der Waals surface area (Å²) in [4.78, 5) is 14.3. The molecule has 1 aliphatic heterocycles. The predicted octanol–water partition coefficient (Wildman–Crippen LogP) is 1.37. The van der Waals surface area contributed by atoms with Gasteiger partial charge >= 0.3 is 0 Å². The van der Waals surface area contributed by atoms with Gasteiger partial charge in [-0.2, -0.15) is 0 Å². The molecule has 0 aromatic rings. The molecule has 2 rings (SSSR count). The van der Waals surface area contributed by atoms with Crippen LogP contribution in [0.4, 0.5) is 0 Å². The normalized spacial score (nSPS) is 23.7. The Morgan fingerprint density at radius 3 is 2.15 bits per heavy atom. The van der Waals surface area contributed by atoms with Gasteiger partial charge in [0.25, 0.3) is 0 Å². The molecule has 0 N–H and O–H groups in total. The summed E-state index contributed by atoms with van der Waals surface area (Å²) in [7, 11) is -1.69. The van der Waals surface area contributed by atoms with Gasteiger partial charge in [-0.15, -0.1) is 0 Å². The van der Waals surface area contributed by atoms with Gasteiger partial charge in [0.2, 0.25) is 5.91 Å². The van der Waals surface area contributed by atoms with E-state index in [9.17, 15) is 13.2 Å². The molecule has 0 atom stereocenters. The molecule has 1 amide bonds. The quantitative estimate of drug-likeness (QED) is 0.787. The van der Waals surface area contributed by atoms with E-state index in [2.05, 4.69) is 0 Å². The number of piperidine rings is 1. The largest absolute Gasteiger partial charge is 0.378 e. The first-order valence-electron chi connectivity index (χ1n) is 7.22. The van der Waals surface area contributed by atoms with Crippen LogP contribution in [0.15, 0.2) is 0 Å². The fraction of sp³-hybridized carbons (Fsp3) is 0.929. The molecule has 6 heteroatoms. The number of sulfone groups is 1. The number of carbonyl (C=O) groups excluding carboxylic acids is 1. The van der Waals surface area contributed by atoms with Crippen LogP contribution in [0.2, 0.25) is 0 Å². The fourth-order valence-corrected chi connectivity index (χ4v) is 4.65. The van der Waals surface area contributed by atoms with Crippen molar-refractivity contribution >= 4 is 15.7 Å². The molecule has 0 bridgehead atoms. The number of methoxy groups -OCH3 is 1. The van der Waals surface area contributed by atoms with E-state index in [0.717, 1.165) is 12.8 Å². The summed E-state index contributed by atoms with van der Waals surface area (Å²) in [6, 6.07) is 0. The van der Waals surface area contributed by atoms with Gasteiger partial charge in [0.15, 0.2) is 9.84 Å². The van der Waals surface area contributed by atoms with Crippen LogP contribution in [0.25, 0.3) is 0 Å². The first kappa shape index (κ1) is 15.8. The lowest BCUT2D eigenvalue weighted by Crippen LogP contribution is -2.55. The summed E-state index contributed by atoms with van der Waals surface area (Å²) >= 11 is 0. The van der Waals surface area contributed by atoms with Crippen molar-refractivity contribution in [2.75, 3.05) is 20.2 Å². The van der Waals surface area contributed by atoms with Crippen molar-refractivity contribution in [1.82, 2.24) is 4.90 Å². The summed E-state index contributed by atoms with van der Waals surface area (Å²) in [5.41, 5.74) is -0.198. The highest BCUT2D eigenvalue weighted by Crippen LogP contribution is 2.37. The SMILES string of the molecule is COC1(C)CCN(C(=O)C(C)(C)S(=O)(=O)C2CC2)CC1. The van der Waals surface area contributed by atoms with Crippen molar-refractivity contribution in [2.45, 2.75) is 62.1 Å². The van der Waals surface area contributed by atoms with Crippen molar-refractivity contribution < 1.29 is 17.9 Å². The average Bonchev–Trinajstić information content (AvgIpc) is 3.23. The summed E-state index contributed by atoms with van der Waals surface area (Å²) < 4.78 is 29.0. The van der Waals surface area contributed by atoms with E-state index in [1.165, 1.54) is 0 Å². The second kappa shape index (κ2) is 4.98. The summed E-state index contributed by atoms with van der Waals surface area (Å²) in [6.07, 6.45) is 2.88. The number of likely N-dealkylation sites (tertiary alicyclic amines) is 1. The van der Waals surface area contributed by atoms with E-state index in [1.54, 1.807) is 25.9 Å². The molecule has 2 fully saturated rings. The minimum Gasteiger partial charge on any atom is -0.378 e. The van der Waals surface area contributed by atoms with Crippen LogP contribution in [-0.2, 0) is 19.4 Å². The zero-order valence-corrected chi connectivity index (χ0v) is 13.6. The predicted molar refractivity (Wildman–Crippen MR) is 77.2 cm³/mol. The second-order valence-electron chi connectivity index (χ2n) is 6.70. The molecule has 116 valence electrons. The molecule has 0 aromatic carbocycles. The Hall–Kier alpha value is -0.620. The van der Waals surface area contributed by atoms with Crippen molar-refractivity contribution in [3.05, 3.63) is 0 Å². The van der Waals surface area contributed by atoms with Crippen LogP contribution in [-0.4, -0.2) is 55.0 Å². The first-order valence-corrected chi connectivity index (χ1v) is 8.77. The van der Waals surface area contributed by atoms with Gasteiger partial charge < -0.3 is 9.64 Å². The third-order valence-corrected chi connectivity index (χ3v) is 7.74. The Morgan fingerprint density at radius 1 is 1.25 bits per heavy atom. The standard InChI is InChI=1S/C14H25NO4S/c1-13(2,20(17,18)11-5-6-11)12(16)15-9-7-14(3,19-4)8-10-15/h11H,5-10H2,1-4H3. The van der Waals surface area contributed by atoms with E-state index in [4.69, 9.17) is 4.74 Å². The molecule has 0 radical (unpaired) electrons. The molecule has 1 saturated heterocycles. The summed E-state index contributed by atoms with van der Waals surface area (Å²) in [5.74, 6) is -0.262. The van der Waals surface area contributed by atoms with Gasteiger partial charge in [-0.1, -0.05) is 0 Å². The molecule has 1 aliphatic carbocycles. The van der Waals surface area contributed by atoms with Crippen LogP contribution in [0.5, 0.6) is 0 Å². The van der Waals surface area contributed by atoms with Crippen molar-refractivity contribution in [3.8, 4) is 0 Å².